The first-order valence-electron chi connectivity index (χ1n) is 13.3. The number of benzene rings is 1. The monoisotopic (exact) mass is 581 g/mol. The summed E-state index contributed by atoms with van der Waals surface area (Å²) in [6, 6.07) is 4.50. The summed E-state index contributed by atoms with van der Waals surface area (Å²) in [6.45, 7) is 9.21. The zero-order chi connectivity index (χ0) is 30.2. The van der Waals surface area contributed by atoms with Gasteiger partial charge >= 0.3 is 13.9 Å². The Morgan fingerprint density at radius 2 is 1.88 bits per heavy atom. The van der Waals surface area contributed by atoms with Crippen LogP contribution in [0.2, 0.25) is 0 Å². The molecule has 0 radical (unpaired) electrons. The molecule has 1 aliphatic rings. The smallest absolute Gasteiger partial charge is 0.405 e. The number of hydrogen-bond acceptors (Lipinski definition) is 8. The number of methoxy groups -OCH3 is 1. The number of allylic oxidation sites excluding steroid dienone is 1. The summed E-state index contributed by atoms with van der Waals surface area (Å²) in [5.41, 5.74) is 7.48. The molecule has 224 valence electrons. The summed E-state index contributed by atoms with van der Waals surface area (Å²) in [5.74, 6) is -1.06. The molecular formula is C28H42N2O9P-. The van der Waals surface area contributed by atoms with E-state index in [1.807, 2.05) is 33.8 Å². The predicted molar refractivity (Wildman–Crippen MR) is 149 cm³/mol. The van der Waals surface area contributed by atoms with E-state index in [2.05, 4.69) is 5.32 Å². The maximum Gasteiger partial charge on any atom is 0.405 e. The molecule has 1 aromatic carbocycles. The van der Waals surface area contributed by atoms with Crippen LogP contribution in [0.1, 0.15) is 59.4 Å². The highest BCUT2D eigenvalue weighted by molar-refractivity contribution is 7.45. The van der Waals surface area contributed by atoms with Crippen molar-refractivity contribution in [3.8, 4) is 5.75 Å². The summed E-state index contributed by atoms with van der Waals surface area (Å²) >= 11 is 0. The summed E-state index contributed by atoms with van der Waals surface area (Å²) in [5, 5.41) is 13.9. The molecule has 0 saturated carbocycles. The highest BCUT2D eigenvalue weighted by atomic mass is 31.2. The van der Waals surface area contributed by atoms with Gasteiger partial charge < -0.3 is 39.9 Å². The van der Waals surface area contributed by atoms with Gasteiger partial charge in [-0.3, -0.25) is 9.36 Å². The van der Waals surface area contributed by atoms with Gasteiger partial charge in [-0.25, -0.2) is 4.79 Å². The number of hydrogen-bond donors (Lipinski definition) is 4. The van der Waals surface area contributed by atoms with Crippen LogP contribution in [0.5, 0.6) is 5.75 Å². The number of fused-ring (bicyclic) bond motifs is 2. The number of phosphoric acid groups is 1. The lowest BCUT2D eigenvalue weighted by Gasteiger charge is -2.29. The van der Waals surface area contributed by atoms with E-state index in [4.69, 9.17) is 19.7 Å². The van der Waals surface area contributed by atoms with Crippen LogP contribution in [0.3, 0.4) is 0 Å². The minimum atomic E-state index is -5.08. The summed E-state index contributed by atoms with van der Waals surface area (Å²) < 4.78 is 27.2. The van der Waals surface area contributed by atoms with Crippen molar-refractivity contribution in [1.29, 1.82) is 0 Å². The third-order valence-electron chi connectivity index (χ3n) is 7.05. The fourth-order valence-corrected chi connectivity index (χ4v) is 5.43. The van der Waals surface area contributed by atoms with Crippen molar-refractivity contribution in [3.63, 3.8) is 0 Å². The number of ether oxygens (including phenoxy) is 2. The van der Waals surface area contributed by atoms with Crippen LogP contribution < -0.4 is 20.5 Å². The van der Waals surface area contributed by atoms with Gasteiger partial charge in [0.2, 0.25) is 0 Å². The first kappa shape index (κ1) is 33.5. The first-order valence-corrected chi connectivity index (χ1v) is 14.8. The Hall–Kier alpha value is -2.69. The van der Waals surface area contributed by atoms with Gasteiger partial charge in [-0.05, 0) is 74.6 Å². The number of primary amides is 1. The number of carbonyl (C=O) groups is 2. The van der Waals surface area contributed by atoms with Crippen molar-refractivity contribution < 1.29 is 43.0 Å². The number of aliphatic hydroxyl groups is 1. The Morgan fingerprint density at radius 3 is 2.48 bits per heavy atom. The van der Waals surface area contributed by atoms with Gasteiger partial charge in [0.1, 0.15) is 11.9 Å². The molecule has 1 aromatic rings. The van der Waals surface area contributed by atoms with E-state index in [1.54, 1.807) is 19.1 Å². The summed E-state index contributed by atoms with van der Waals surface area (Å²) in [7, 11) is -3.56. The van der Waals surface area contributed by atoms with Crippen molar-refractivity contribution >= 4 is 25.5 Å². The number of phosphoric ester groups is 1. The third kappa shape index (κ3) is 10.7. The van der Waals surface area contributed by atoms with E-state index in [1.165, 1.54) is 19.2 Å². The topological polar surface area (TPSA) is 180 Å². The number of rotatable bonds is 4. The second-order valence-corrected chi connectivity index (χ2v) is 11.9. The molecule has 0 saturated heterocycles. The second-order valence-electron chi connectivity index (χ2n) is 10.8. The van der Waals surface area contributed by atoms with Crippen molar-refractivity contribution in [3.05, 3.63) is 47.1 Å². The standard InChI is InChI=1S/C28H43N2O9P/c1-16-10-21-13-22(15-23(14-21)39-40(34,35)36)30-27(32)18(3)9-7-8-17(2)26(38-28(29)33)20(5)12-19(4)25(31)24(11-16)37-6/h9,12-17,19,24-26,31H,7-8,10-11H2,1-6H3,(H2,29,33)(H,30,32)(H2,34,35,36)/p-1/b18-9+,20-12+/t16-,17+,19+,24+,25-,26-/m1/s1. The highest BCUT2D eigenvalue weighted by Gasteiger charge is 2.28. The van der Waals surface area contributed by atoms with Crippen LogP contribution in [-0.2, 0) is 25.3 Å². The van der Waals surface area contributed by atoms with E-state index in [-0.39, 0.29) is 23.5 Å². The number of nitrogens with two attached hydrogens (primary N) is 1. The van der Waals surface area contributed by atoms with Crippen LogP contribution in [0.15, 0.2) is 41.5 Å². The quantitative estimate of drug-likeness (QED) is 0.303. The number of aliphatic hydroxyl groups excluding tert-OH is 1. The average Bonchev–Trinajstić information content (AvgIpc) is 2.83. The largest absolute Gasteiger partial charge is 0.746 e. The molecule has 1 aliphatic heterocycles. The number of carbonyl (C=O) groups excluding carboxylic acids is 2. The minimum Gasteiger partial charge on any atom is -0.746 e. The molecule has 0 fully saturated rings. The minimum absolute atomic E-state index is 0.0430. The van der Waals surface area contributed by atoms with Crippen LogP contribution >= 0.6 is 7.82 Å². The molecule has 0 aromatic heterocycles. The van der Waals surface area contributed by atoms with E-state index in [0.717, 1.165) is 5.57 Å². The van der Waals surface area contributed by atoms with Gasteiger partial charge in [0.25, 0.3) is 5.91 Å². The Morgan fingerprint density at radius 1 is 1.20 bits per heavy atom. The van der Waals surface area contributed by atoms with Crippen LogP contribution in [0.4, 0.5) is 10.5 Å². The molecule has 5 N–H and O–H groups in total. The summed E-state index contributed by atoms with van der Waals surface area (Å²) in [6.07, 6.45) is 2.68. The second kappa shape index (κ2) is 14.8. The van der Waals surface area contributed by atoms with Crippen molar-refractivity contribution in [2.24, 2.45) is 23.5 Å². The highest BCUT2D eigenvalue weighted by Crippen LogP contribution is 2.36. The SMILES string of the molecule is CO[C@H]1C[C@H](C)Cc2cc(cc(OP(=O)([O-])O)c2)NC(=O)/C(C)=C/CC[C@H](C)[C@@H](OC(N)=O)/C(C)=C/[C@H](C)[C@H]1O. The van der Waals surface area contributed by atoms with Gasteiger partial charge in [0, 0.05) is 30.4 Å². The molecule has 11 nitrogen and oxygen atoms in total. The van der Waals surface area contributed by atoms with Gasteiger partial charge in [0.05, 0.1) is 12.2 Å². The van der Waals surface area contributed by atoms with E-state index < -0.39 is 38.1 Å². The lowest BCUT2D eigenvalue weighted by Crippen LogP contribution is -2.35. The van der Waals surface area contributed by atoms with Gasteiger partial charge in [0.15, 0.2) is 0 Å². The van der Waals surface area contributed by atoms with Crippen molar-refractivity contribution in [1.82, 2.24) is 0 Å². The van der Waals surface area contributed by atoms with E-state index in [0.29, 0.717) is 42.5 Å². The van der Waals surface area contributed by atoms with Gasteiger partial charge in [-0.1, -0.05) is 32.9 Å². The number of anilines is 1. The molecule has 1 unspecified atom stereocenters. The van der Waals surface area contributed by atoms with Crippen molar-refractivity contribution in [2.75, 3.05) is 12.4 Å². The molecule has 2 rings (SSSR count). The fourth-order valence-electron chi connectivity index (χ4n) is 5.06. The lowest BCUT2D eigenvalue weighted by molar-refractivity contribution is -0.211. The Labute approximate surface area is 236 Å². The van der Waals surface area contributed by atoms with Crippen LogP contribution in [0, 0.1) is 17.8 Å². The number of nitrogens with one attached hydrogen (secondary N) is 1. The number of amides is 2. The van der Waals surface area contributed by atoms with E-state index in [9.17, 15) is 29.0 Å². The van der Waals surface area contributed by atoms with E-state index >= 15 is 0 Å². The Balaban J connectivity index is 2.50. The predicted octanol–water partition coefficient (Wildman–Crippen LogP) is 3.83. The normalized spacial score (nSPS) is 31.5. The average molecular weight is 582 g/mol. The molecule has 12 heteroatoms. The fraction of sp³-hybridized carbons (Fsp3) is 0.571. The molecule has 7 atom stereocenters. The van der Waals surface area contributed by atoms with Crippen molar-refractivity contribution in [2.45, 2.75) is 78.6 Å². The molecule has 2 bridgehead atoms. The third-order valence-corrected chi connectivity index (χ3v) is 7.49. The Kier molecular flexibility index (Phi) is 12.4. The summed E-state index contributed by atoms with van der Waals surface area (Å²) in [4.78, 5) is 45.2. The molecular weight excluding hydrogens is 539 g/mol. The Bertz CT molecular complexity index is 1150. The van der Waals surface area contributed by atoms with Crippen LogP contribution in [-0.4, -0.2) is 47.4 Å². The zero-order valence-electron chi connectivity index (χ0n) is 24.0. The molecule has 1 heterocycles. The maximum atomic E-state index is 12.9. The van der Waals surface area contributed by atoms with Gasteiger partial charge in [-0.15, -0.1) is 0 Å². The molecule has 0 spiro atoms. The molecule has 2 amide bonds. The van der Waals surface area contributed by atoms with Crippen LogP contribution in [0.25, 0.3) is 0 Å². The van der Waals surface area contributed by atoms with Gasteiger partial charge in [-0.2, -0.15) is 0 Å². The first-order chi connectivity index (χ1) is 18.6. The zero-order valence-corrected chi connectivity index (χ0v) is 24.9. The maximum absolute atomic E-state index is 12.9. The molecule has 40 heavy (non-hydrogen) atoms. The molecule has 0 aliphatic carbocycles. The lowest BCUT2D eigenvalue weighted by atomic mass is 9.87.